The zero-order chi connectivity index (χ0) is 13.8. The standard InChI is InChI=1S/C12H18ClN5O/c1-8(2)7-18(4-5-19-3)11-9-6-14-17-10(9)15-12(13)16-11/h6,8H,4-5,7H2,1-3H3,(H,14,15,16,17). The highest BCUT2D eigenvalue weighted by atomic mass is 35.5. The molecule has 0 aliphatic rings. The third kappa shape index (κ3) is 3.33. The van der Waals surface area contributed by atoms with Gasteiger partial charge < -0.3 is 9.64 Å². The summed E-state index contributed by atoms with van der Waals surface area (Å²) in [6.07, 6.45) is 1.72. The predicted octanol–water partition coefficient (Wildman–Crippen LogP) is 2.12. The molecule has 1 N–H and O–H groups in total. The summed E-state index contributed by atoms with van der Waals surface area (Å²) >= 11 is 5.97. The Morgan fingerprint density at radius 2 is 2.21 bits per heavy atom. The van der Waals surface area contributed by atoms with Crippen molar-refractivity contribution in [2.45, 2.75) is 13.8 Å². The maximum Gasteiger partial charge on any atom is 0.226 e. The molecule has 0 saturated carbocycles. The number of hydrogen-bond acceptors (Lipinski definition) is 5. The number of hydrogen-bond donors (Lipinski definition) is 1. The lowest BCUT2D eigenvalue weighted by Gasteiger charge is -2.25. The predicted molar refractivity (Wildman–Crippen MR) is 75.6 cm³/mol. The third-order valence-corrected chi connectivity index (χ3v) is 2.88. The number of nitrogens with one attached hydrogen (secondary N) is 1. The second-order valence-corrected chi connectivity index (χ2v) is 5.12. The van der Waals surface area contributed by atoms with Gasteiger partial charge in [0.15, 0.2) is 5.65 Å². The minimum Gasteiger partial charge on any atom is -0.383 e. The lowest BCUT2D eigenvalue weighted by Crippen LogP contribution is -2.32. The van der Waals surface area contributed by atoms with Crippen LogP contribution in [0, 0.1) is 5.92 Å². The third-order valence-electron chi connectivity index (χ3n) is 2.71. The van der Waals surface area contributed by atoms with Gasteiger partial charge in [0.2, 0.25) is 5.28 Å². The van der Waals surface area contributed by atoms with Gasteiger partial charge in [-0.1, -0.05) is 13.8 Å². The zero-order valence-corrected chi connectivity index (χ0v) is 12.1. The van der Waals surface area contributed by atoms with Gasteiger partial charge in [0.05, 0.1) is 18.2 Å². The van der Waals surface area contributed by atoms with E-state index in [2.05, 4.69) is 38.9 Å². The Bertz CT molecular complexity index is 542. The molecule has 0 aliphatic carbocycles. The van der Waals surface area contributed by atoms with E-state index in [1.165, 1.54) is 0 Å². The van der Waals surface area contributed by atoms with E-state index in [0.717, 1.165) is 24.3 Å². The van der Waals surface area contributed by atoms with Gasteiger partial charge in [0.1, 0.15) is 5.82 Å². The largest absolute Gasteiger partial charge is 0.383 e. The van der Waals surface area contributed by atoms with Crippen molar-refractivity contribution in [3.63, 3.8) is 0 Å². The number of anilines is 1. The van der Waals surface area contributed by atoms with Crippen LogP contribution in [-0.4, -0.2) is 47.0 Å². The van der Waals surface area contributed by atoms with Gasteiger partial charge in [-0.25, -0.2) is 0 Å². The number of fused-ring (bicyclic) bond motifs is 1. The molecule has 0 saturated heterocycles. The molecule has 0 fully saturated rings. The van der Waals surface area contributed by atoms with Gasteiger partial charge >= 0.3 is 0 Å². The lowest BCUT2D eigenvalue weighted by atomic mass is 10.2. The molecule has 104 valence electrons. The molecule has 0 amide bonds. The molecule has 0 spiro atoms. The van der Waals surface area contributed by atoms with Gasteiger partial charge in [-0.2, -0.15) is 15.1 Å². The van der Waals surface area contributed by atoms with Gasteiger partial charge in [-0.05, 0) is 17.5 Å². The first-order valence-electron chi connectivity index (χ1n) is 6.22. The highest BCUT2D eigenvalue weighted by Gasteiger charge is 2.16. The lowest BCUT2D eigenvalue weighted by molar-refractivity contribution is 0.204. The van der Waals surface area contributed by atoms with E-state index in [4.69, 9.17) is 16.3 Å². The quantitative estimate of drug-likeness (QED) is 0.823. The van der Waals surface area contributed by atoms with E-state index in [1.54, 1.807) is 13.3 Å². The number of ether oxygens (including phenoxy) is 1. The summed E-state index contributed by atoms with van der Waals surface area (Å²) in [6, 6.07) is 0. The van der Waals surface area contributed by atoms with Crippen molar-refractivity contribution in [1.82, 2.24) is 20.2 Å². The molecule has 7 heteroatoms. The van der Waals surface area contributed by atoms with Crippen molar-refractivity contribution in [2.75, 3.05) is 31.7 Å². The van der Waals surface area contributed by atoms with Crippen LogP contribution in [0.3, 0.4) is 0 Å². The zero-order valence-electron chi connectivity index (χ0n) is 11.4. The average molecular weight is 284 g/mol. The second kappa shape index (κ2) is 6.16. The molecular formula is C12H18ClN5O. The number of rotatable bonds is 6. The number of nitrogens with zero attached hydrogens (tertiary/aromatic N) is 4. The van der Waals surface area contributed by atoms with Crippen LogP contribution in [0.2, 0.25) is 5.28 Å². The Hall–Kier alpha value is -1.40. The smallest absolute Gasteiger partial charge is 0.226 e. The normalized spacial score (nSPS) is 11.4. The summed E-state index contributed by atoms with van der Waals surface area (Å²) in [4.78, 5) is 10.6. The Kier molecular flexibility index (Phi) is 4.55. The number of methoxy groups -OCH3 is 1. The fourth-order valence-corrected chi connectivity index (χ4v) is 2.12. The first-order chi connectivity index (χ1) is 9.11. The van der Waals surface area contributed by atoms with Crippen molar-refractivity contribution >= 4 is 28.5 Å². The van der Waals surface area contributed by atoms with E-state index in [0.29, 0.717) is 18.2 Å². The Labute approximate surface area is 117 Å². The number of halogens is 1. The van der Waals surface area contributed by atoms with Crippen molar-refractivity contribution < 1.29 is 4.74 Å². The topological polar surface area (TPSA) is 66.9 Å². The van der Waals surface area contributed by atoms with Crippen molar-refractivity contribution in [2.24, 2.45) is 5.92 Å². The summed E-state index contributed by atoms with van der Waals surface area (Å²) in [7, 11) is 1.69. The number of H-pyrrole nitrogens is 1. The van der Waals surface area contributed by atoms with E-state index >= 15 is 0 Å². The maximum absolute atomic E-state index is 5.97. The Balaban J connectivity index is 2.38. The Morgan fingerprint density at radius 3 is 2.89 bits per heavy atom. The molecule has 0 atom stereocenters. The maximum atomic E-state index is 5.97. The minimum absolute atomic E-state index is 0.220. The summed E-state index contributed by atoms with van der Waals surface area (Å²) in [6.45, 7) is 6.58. The summed E-state index contributed by atoms with van der Waals surface area (Å²) in [5.74, 6) is 1.31. The van der Waals surface area contributed by atoms with Crippen molar-refractivity contribution in [3.05, 3.63) is 11.5 Å². The monoisotopic (exact) mass is 283 g/mol. The van der Waals surface area contributed by atoms with Gasteiger partial charge in [-0.15, -0.1) is 0 Å². The van der Waals surface area contributed by atoms with Crippen LogP contribution in [0.15, 0.2) is 6.20 Å². The molecule has 2 rings (SSSR count). The summed E-state index contributed by atoms with van der Waals surface area (Å²) < 4.78 is 5.16. The van der Waals surface area contributed by atoms with Crippen molar-refractivity contribution in [3.8, 4) is 0 Å². The van der Waals surface area contributed by atoms with Crippen LogP contribution in [-0.2, 0) is 4.74 Å². The van der Waals surface area contributed by atoms with Crippen LogP contribution >= 0.6 is 11.6 Å². The van der Waals surface area contributed by atoms with Gasteiger partial charge in [0, 0.05) is 20.2 Å². The highest BCUT2D eigenvalue weighted by Crippen LogP contribution is 2.24. The molecule has 0 bridgehead atoms. The fraction of sp³-hybridized carbons (Fsp3) is 0.583. The van der Waals surface area contributed by atoms with Crippen LogP contribution in [0.25, 0.3) is 11.0 Å². The van der Waals surface area contributed by atoms with E-state index in [-0.39, 0.29) is 5.28 Å². The molecule has 2 heterocycles. The Morgan fingerprint density at radius 1 is 1.42 bits per heavy atom. The highest BCUT2D eigenvalue weighted by molar-refractivity contribution is 6.28. The van der Waals surface area contributed by atoms with Gasteiger partial charge in [-0.3, -0.25) is 5.10 Å². The number of aromatic amines is 1. The van der Waals surface area contributed by atoms with Crippen LogP contribution in [0.5, 0.6) is 0 Å². The molecule has 19 heavy (non-hydrogen) atoms. The van der Waals surface area contributed by atoms with Crippen LogP contribution < -0.4 is 4.90 Å². The van der Waals surface area contributed by atoms with E-state index < -0.39 is 0 Å². The SMILES string of the molecule is COCCN(CC(C)C)c1nc(Cl)nc2[nH]ncc12. The number of aromatic nitrogens is 4. The van der Waals surface area contributed by atoms with Crippen LogP contribution in [0.4, 0.5) is 5.82 Å². The molecule has 0 unspecified atom stereocenters. The molecule has 0 aliphatic heterocycles. The first kappa shape index (κ1) is 14.0. The fourth-order valence-electron chi connectivity index (χ4n) is 1.96. The molecule has 2 aromatic heterocycles. The molecule has 2 aromatic rings. The second-order valence-electron chi connectivity index (χ2n) is 4.78. The molecule has 0 aromatic carbocycles. The minimum atomic E-state index is 0.220. The average Bonchev–Trinajstić information content (AvgIpc) is 2.80. The molecular weight excluding hydrogens is 266 g/mol. The molecule has 6 nitrogen and oxygen atoms in total. The molecule has 0 radical (unpaired) electrons. The summed E-state index contributed by atoms with van der Waals surface area (Å²) in [5.41, 5.74) is 0.654. The van der Waals surface area contributed by atoms with Crippen molar-refractivity contribution in [1.29, 1.82) is 0 Å². The summed E-state index contributed by atoms with van der Waals surface area (Å²) in [5, 5.41) is 7.92. The van der Waals surface area contributed by atoms with Crippen LogP contribution in [0.1, 0.15) is 13.8 Å². The van der Waals surface area contributed by atoms with Gasteiger partial charge in [0.25, 0.3) is 0 Å². The van der Waals surface area contributed by atoms with E-state index in [1.807, 2.05) is 0 Å². The first-order valence-corrected chi connectivity index (χ1v) is 6.60. The van der Waals surface area contributed by atoms with E-state index in [9.17, 15) is 0 Å².